The molecule has 136 valence electrons. The molecular formula is C21H16N6O. The van der Waals surface area contributed by atoms with E-state index in [1.807, 2.05) is 47.1 Å². The third kappa shape index (κ3) is 2.69. The maximum atomic E-state index is 11.5. The van der Waals surface area contributed by atoms with Gasteiger partial charge in [0.05, 0.1) is 23.1 Å². The van der Waals surface area contributed by atoms with Gasteiger partial charge < -0.3 is 10.7 Å². The Bertz CT molecular complexity index is 1300. The van der Waals surface area contributed by atoms with Crippen LogP contribution in [0.1, 0.15) is 16.2 Å². The van der Waals surface area contributed by atoms with Crippen LogP contribution in [0.5, 0.6) is 0 Å². The molecule has 0 radical (unpaired) electrons. The largest absolute Gasteiger partial charge is 0.363 e. The minimum Gasteiger partial charge on any atom is -0.363 e. The number of nitrogens with two attached hydrogens (primary N) is 1. The lowest BCUT2D eigenvalue weighted by molar-refractivity contribution is 0.0991. The van der Waals surface area contributed by atoms with Crippen LogP contribution in [0.25, 0.3) is 33.2 Å². The Labute approximate surface area is 159 Å². The van der Waals surface area contributed by atoms with Crippen LogP contribution in [0.2, 0.25) is 0 Å². The third-order valence-corrected chi connectivity index (χ3v) is 4.72. The number of H-pyrrole nitrogens is 1. The van der Waals surface area contributed by atoms with Crippen LogP contribution in [0.3, 0.4) is 0 Å². The van der Waals surface area contributed by atoms with Crippen molar-refractivity contribution in [2.45, 2.75) is 6.54 Å². The van der Waals surface area contributed by atoms with Crippen LogP contribution in [0, 0.1) is 0 Å². The summed E-state index contributed by atoms with van der Waals surface area (Å²) in [7, 11) is 0. The molecule has 5 aromatic rings. The van der Waals surface area contributed by atoms with Crippen molar-refractivity contribution in [3.05, 3.63) is 78.4 Å². The molecule has 0 aliphatic carbocycles. The topological polar surface area (TPSA) is 102 Å². The van der Waals surface area contributed by atoms with Crippen molar-refractivity contribution in [1.29, 1.82) is 0 Å². The first-order chi connectivity index (χ1) is 13.7. The van der Waals surface area contributed by atoms with Gasteiger partial charge in [0.2, 0.25) is 0 Å². The monoisotopic (exact) mass is 368 g/mol. The summed E-state index contributed by atoms with van der Waals surface area (Å²) in [6.45, 7) is 0.630. The van der Waals surface area contributed by atoms with E-state index in [9.17, 15) is 4.79 Å². The molecule has 0 saturated heterocycles. The molecule has 0 unspecified atom stereocenters. The number of aromatic nitrogens is 5. The zero-order valence-corrected chi connectivity index (χ0v) is 14.8. The number of nitrogens with zero attached hydrogens (tertiary/aromatic N) is 4. The highest BCUT2D eigenvalue weighted by atomic mass is 16.1. The number of imidazole rings is 1. The number of hydrogen-bond donors (Lipinski definition) is 2. The predicted octanol–water partition coefficient (Wildman–Crippen LogP) is 3.12. The van der Waals surface area contributed by atoms with E-state index in [1.54, 1.807) is 12.4 Å². The number of aromatic amines is 1. The van der Waals surface area contributed by atoms with Crippen molar-refractivity contribution in [3.63, 3.8) is 0 Å². The summed E-state index contributed by atoms with van der Waals surface area (Å²) in [6, 6.07) is 17.9. The average molecular weight is 368 g/mol. The molecule has 0 aliphatic heterocycles. The number of benzene rings is 2. The first kappa shape index (κ1) is 16.2. The maximum Gasteiger partial charge on any atom is 0.284 e. The smallest absolute Gasteiger partial charge is 0.284 e. The van der Waals surface area contributed by atoms with Crippen LogP contribution in [-0.4, -0.2) is 30.6 Å². The van der Waals surface area contributed by atoms with Gasteiger partial charge in [0, 0.05) is 23.3 Å². The highest BCUT2D eigenvalue weighted by Gasteiger charge is 2.16. The SMILES string of the molecule is NC(=O)c1nc2cc3c(-c4ccncc4)nn(Cc4ccccc4)c3cc2[nH]1. The summed E-state index contributed by atoms with van der Waals surface area (Å²) in [4.78, 5) is 22.9. The Morgan fingerprint density at radius 2 is 1.86 bits per heavy atom. The summed E-state index contributed by atoms with van der Waals surface area (Å²) in [6.07, 6.45) is 3.49. The Morgan fingerprint density at radius 3 is 2.61 bits per heavy atom. The van der Waals surface area contributed by atoms with Gasteiger partial charge in [-0.25, -0.2) is 4.98 Å². The Kier molecular flexibility index (Phi) is 3.65. The number of primary amides is 1. The summed E-state index contributed by atoms with van der Waals surface area (Å²) >= 11 is 0. The molecule has 3 heterocycles. The quantitative estimate of drug-likeness (QED) is 0.509. The van der Waals surface area contributed by atoms with E-state index in [0.29, 0.717) is 12.1 Å². The molecule has 7 nitrogen and oxygen atoms in total. The van der Waals surface area contributed by atoms with Gasteiger partial charge in [-0.1, -0.05) is 30.3 Å². The fourth-order valence-corrected chi connectivity index (χ4v) is 3.39. The average Bonchev–Trinajstić information content (AvgIpc) is 3.29. The first-order valence-electron chi connectivity index (χ1n) is 8.83. The molecule has 0 fully saturated rings. The van der Waals surface area contributed by atoms with E-state index in [4.69, 9.17) is 10.8 Å². The lowest BCUT2D eigenvalue weighted by Crippen LogP contribution is -2.12. The minimum atomic E-state index is -0.583. The van der Waals surface area contributed by atoms with Crippen molar-refractivity contribution in [2.24, 2.45) is 5.73 Å². The molecule has 2 aromatic carbocycles. The van der Waals surface area contributed by atoms with Crippen molar-refractivity contribution in [1.82, 2.24) is 24.7 Å². The van der Waals surface area contributed by atoms with Crippen LogP contribution < -0.4 is 5.73 Å². The highest BCUT2D eigenvalue weighted by Crippen LogP contribution is 2.31. The van der Waals surface area contributed by atoms with Gasteiger partial charge in [-0.3, -0.25) is 14.5 Å². The predicted molar refractivity (Wildman–Crippen MR) is 107 cm³/mol. The first-order valence-corrected chi connectivity index (χ1v) is 8.83. The normalized spacial score (nSPS) is 11.3. The van der Waals surface area contributed by atoms with Gasteiger partial charge in [0.25, 0.3) is 5.91 Å². The molecule has 0 bridgehead atoms. The number of carbonyl (C=O) groups is 1. The van der Waals surface area contributed by atoms with Crippen molar-refractivity contribution < 1.29 is 4.79 Å². The lowest BCUT2D eigenvalue weighted by atomic mass is 10.1. The zero-order chi connectivity index (χ0) is 19.1. The molecule has 1 amide bonds. The van der Waals surface area contributed by atoms with E-state index in [2.05, 4.69) is 27.1 Å². The summed E-state index contributed by atoms with van der Waals surface area (Å²) in [5.74, 6) is -0.434. The number of nitrogens with one attached hydrogen (secondary N) is 1. The van der Waals surface area contributed by atoms with Gasteiger partial charge in [-0.2, -0.15) is 5.10 Å². The molecule has 3 N–H and O–H groups in total. The molecule has 3 aromatic heterocycles. The number of pyridine rings is 1. The molecule has 0 saturated carbocycles. The fraction of sp³-hybridized carbons (Fsp3) is 0.0476. The number of amides is 1. The van der Waals surface area contributed by atoms with Crippen LogP contribution in [0.15, 0.2) is 67.0 Å². The Hall–Kier alpha value is -4.00. The molecule has 0 spiro atoms. The second-order valence-electron chi connectivity index (χ2n) is 6.56. The number of carbonyl (C=O) groups excluding carboxylic acids is 1. The van der Waals surface area contributed by atoms with E-state index >= 15 is 0 Å². The van der Waals surface area contributed by atoms with E-state index in [-0.39, 0.29) is 5.82 Å². The Morgan fingerprint density at radius 1 is 1.07 bits per heavy atom. The second-order valence-corrected chi connectivity index (χ2v) is 6.56. The van der Waals surface area contributed by atoms with Gasteiger partial charge in [0.1, 0.15) is 5.69 Å². The van der Waals surface area contributed by atoms with Gasteiger partial charge in [-0.05, 0) is 29.8 Å². The minimum absolute atomic E-state index is 0.149. The van der Waals surface area contributed by atoms with Crippen molar-refractivity contribution >= 4 is 27.8 Å². The molecular weight excluding hydrogens is 352 g/mol. The number of rotatable bonds is 4. The van der Waals surface area contributed by atoms with Gasteiger partial charge >= 0.3 is 0 Å². The maximum absolute atomic E-state index is 11.5. The zero-order valence-electron chi connectivity index (χ0n) is 14.8. The van der Waals surface area contributed by atoms with E-state index in [1.165, 1.54) is 0 Å². The van der Waals surface area contributed by atoms with Crippen molar-refractivity contribution in [3.8, 4) is 11.3 Å². The lowest BCUT2D eigenvalue weighted by Gasteiger charge is -2.03. The van der Waals surface area contributed by atoms with E-state index in [0.717, 1.165) is 33.2 Å². The highest BCUT2D eigenvalue weighted by molar-refractivity contribution is 6.02. The van der Waals surface area contributed by atoms with Crippen LogP contribution in [-0.2, 0) is 6.54 Å². The Balaban J connectivity index is 1.76. The number of hydrogen-bond acceptors (Lipinski definition) is 4. The van der Waals surface area contributed by atoms with Gasteiger partial charge in [-0.15, -0.1) is 0 Å². The van der Waals surface area contributed by atoms with Crippen LogP contribution in [0.4, 0.5) is 0 Å². The molecule has 0 atom stereocenters. The second kappa shape index (κ2) is 6.31. The standard InChI is InChI=1S/C21H16N6O/c22-20(28)21-24-16-10-15-18(11-17(16)25-21)27(12-13-4-2-1-3-5-13)26-19(15)14-6-8-23-9-7-14/h1-11H,12H2,(H2,22,28)(H,24,25). The molecule has 5 rings (SSSR count). The summed E-state index contributed by atoms with van der Waals surface area (Å²) in [5.41, 5.74) is 10.7. The third-order valence-electron chi connectivity index (χ3n) is 4.72. The summed E-state index contributed by atoms with van der Waals surface area (Å²) < 4.78 is 1.96. The molecule has 7 heteroatoms. The number of fused-ring (bicyclic) bond motifs is 2. The van der Waals surface area contributed by atoms with Gasteiger partial charge in [0.15, 0.2) is 5.82 Å². The van der Waals surface area contributed by atoms with Crippen molar-refractivity contribution in [2.75, 3.05) is 0 Å². The fourth-order valence-electron chi connectivity index (χ4n) is 3.39. The van der Waals surface area contributed by atoms with E-state index < -0.39 is 5.91 Å². The van der Waals surface area contributed by atoms with Crippen LogP contribution >= 0.6 is 0 Å². The molecule has 0 aliphatic rings. The summed E-state index contributed by atoms with van der Waals surface area (Å²) in [5, 5.41) is 5.83. The molecule has 28 heavy (non-hydrogen) atoms.